The third-order valence-electron chi connectivity index (χ3n) is 3.84. The van der Waals surface area contributed by atoms with Crippen molar-refractivity contribution in [2.24, 2.45) is 0 Å². The number of hydrogen-bond donors (Lipinski definition) is 0. The van der Waals surface area contributed by atoms with E-state index in [1.54, 1.807) is 11.8 Å². The predicted molar refractivity (Wildman–Crippen MR) is 95.7 cm³/mol. The number of methoxy groups -OCH3 is 1. The Morgan fingerprint density at radius 3 is 2.23 bits per heavy atom. The molecular formula is C17H25N3O6. The molecule has 0 aliphatic heterocycles. The van der Waals surface area contributed by atoms with Gasteiger partial charge in [-0.15, -0.1) is 0 Å². The minimum atomic E-state index is -0.661. The number of likely N-dealkylation sites (N-methyl/N-ethyl adjacent to an activating group) is 2. The van der Waals surface area contributed by atoms with E-state index >= 15 is 0 Å². The van der Waals surface area contributed by atoms with Gasteiger partial charge in [-0.05, 0) is 20.8 Å². The normalized spacial score (nSPS) is 10.2. The smallest absolute Gasteiger partial charge is 0.286 e. The van der Waals surface area contributed by atoms with E-state index in [0.29, 0.717) is 19.7 Å². The maximum absolute atomic E-state index is 12.7. The van der Waals surface area contributed by atoms with Gasteiger partial charge in [-0.1, -0.05) is 0 Å². The summed E-state index contributed by atoms with van der Waals surface area (Å²) >= 11 is 0. The minimum Gasteiger partial charge on any atom is -0.493 e. The van der Waals surface area contributed by atoms with E-state index in [0.717, 1.165) is 11.0 Å². The van der Waals surface area contributed by atoms with Crippen LogP contribution in [-0.2, 0) is 4.79 Å². The molecular weight excluding hydrogens is 342 g/mol. The molecule has 1 aromatic rings. The maximum Gasteiger partial charge on any atom is 0.286 e. The maximum atomic E-state index is 12.7. The molecule has 9 heteroatoms. The molecule has 0 aromatic heterocycles. The average Bonchev–Trinajstić information content (AvgIpc) is 2.61. The molecule has 0 radical (unpaired) electrons. The van der Waals surface area contributed by atoms with Crippen molar-refractivity contribution in [3.63, 3.8) is 0 Å². The fourth-order valence-corrected chi connectivity index (χ4v) is 2.46. The lowest BCUT2D eigenvalue weighted by atomic mass is 10.1. The molecule has 0 aliphatic rings. The van der Waals surface area contributed by atoms with Gasteiger partial charge in [-0.3, -0.25) is 19.7 Å². The van der Waals surface area contributed by atoms with Crippen LogP contribution in [0, 0.1) is 10.1 Å². The molecule has 0 bridgehead atoms. The topological polar surface area (TPSA) is 102 Å². The molecule has 0 fully saturated rings. The number of nitrogens with zero attached hydrogens (tertiary/aromatic N) is 3. The van der Waals surface area contributed by atoms with Crippen molar-refractivity contribution < 1.29 is 24.0 Å². The summed E-state index contributed by atoms with van der Waals surface area (Å²) in [7, 11) is 2.79. The number of amides is 2. The Balaban J connectivity index is 3.22. The second-order valence-corrected chi connectivity index (χ2v) is 5.44. The lowest BCUT2D eigenvalue weighted by Crippen LogP contribution is -2.41. The van der Waals surface area contributed by atoms with E-state index in [2.05, 4.69) is 0 Å². The van der Waals surface area contributed by atoms with E-state index < -0.39 is 16.5 Å². The predicted octanol–water partition coefficient (Wildman–Crippen LogP) is 1.94. The highest BCUT2D eigenvalue weighted by molar-refractivity contribution is 6.00. The van der Waals surface area contributed by atoms with Crippen molar-refractivity contribution in [2.45, 2.75) is 20.8 Å². The lowest BCUT2D eigenvalue weighted by molar-refractivity contribution is -0.385. The number of carbonyl (C=O) groups is 2. The van der Waals surface area contributed by atoms with Crippen molar-refractivity contribution in [3.05, 3.63) is 27.8 Å². The first-order chi connectivity index (χ1) is 12.3. The van der Waals surface area contributed by atoms with Crippen molar-refractivity contribution >= 4 is 17.5 Å². The number of nitro benzene ring substituents is 1. The van der Waals surface area contributed by atoms with Gasteiger partial charge in [0.1, 0.15) is 5.56 Å². The van der Waals surface area contributed by atoms with Gasteiger partial charge in [0, 0.05) is 26.2 Å². The van der Waals surface area contributed by atoms with Gasteiger partial charge < -0.3 is 19.3 Å². The summed E-state index contributed by atoms with van der Waals surface area (Å²) in [5.74, 6) is -0.475. The first-order valence-electron chi connectivity index (χ1n) is 8.32. The van der Waals surface area contributed by atoms with Gasteiger partial charge in [0.05, 0.1) is 31.3 Å². The van der Waals surface area contributed by atoms with Crippen LogP contribution < -0.4 is 9.47 Å². The number of rotatable bonds is 9. The Kier molecular flexibility index (Phi) is 7.82. The van der Waals surface area contributed by atoms with Crippen LogP contribution in [0.5, 0.6) is 11.5 Å². The molecule has 0 unspecified atom stereocenters. The molecule has 9 nitrogen and oxygen atoms in total. The molecule has 26 heavy (non-hydrogen) atoms. The van der Waals surface area contributed by atoms with Crippen LogP contribution in [0.2, 0.25) is 0 Å². The molecule has 0 aliphatic carbocycles. The molecule has 0 saturated heterocycles. The first-order valence-corrected chi connectivity index (χ1v) is 8.32. The van der Waals surface area contributed by atoms with Gasteiger partial charge in [-0.2, -0.15) is 0 Å². The highest BCUT2D eigenvalue weighted by Crippen LogP contribution is 2.35. The Morgan fingerprint density at radius 1 is 1.15 bits per heavy atom. The molecule has 0 saturated carbocycles. The largest absolute Gasteiger partial charge is 0.493 e. The molecule has 2 amide bonds. The number of carbonyl (C=O) groups excluding carboxylic acids is 2. The minimum absolute atomic E-state index is 0.158. The molecule has 0 atom stereocenters. The van der Waals surface area contributed by atoms with Crippen LogP contribution in [0.25, 0.3) is 0 Å². The zero-order valence-corrected chi connectivity index (χ0v) is 15.8. The first kappa shape index (κ1) is 21.2. The Labute approximate surface area is 152 Å². The molecule has 1 rings (SSSR count). The van der Waals surface area contributed by atoms with Crippen LogP contribution >= 0.6 is 0 Å². The molecule has 0 N–H and O–H groups in total. The van der Waals surface area contributed by atoms with Crippen LogP contribution in [0.4, 0.5) is 5.69 Å². The van der Waals surface area contributed by atoms with Crippen LogP contribution in [0.3, 0.4) is 0 Å². The summed E-state index contributed by atoms with van der Waals surface area (Å²) in [6.07, 6.45) is 0. The molecule has 0 spiro atoms. The summed E-state index contributed by atoms with van der Waals surface area (Å²) in [4.78, 5) is 38.4. The zero-order valence-electron chi connectivity index (χ0n) is 15.8. The van der Waals surface area contributed by atoms with Crippen molar-refractivity contribution in [1.29, 1.82) is 0 Å². The summed E-state index contributed by atoms with van der Waals surface area (Å²) in [6.45, 7) is 6.60. The number of benzene rings is 1. The van der Waals surface area contributed by atoms with Crippen LogP contribution in [0.1, 0.15) is 31.1 Å². The van der Waals surface area contributed by atoms with Gasteiger partial charge in [0.25, 0.3) is 11.6 Å². The molecule has 144 valence electrons. The SMILES string of the molecule is CCOc1cc(C(=O)N(C)CC(=O)N(CC)CC)c([N+](=O)[O-])cc1OC. The fourth-order valence-electron chi connectivity index (χ4n) is 2.46. The van der Waals surface area contributed by atoms with Crippen molar-refractivity contribution in [1.82, 2.24) is 9.80 Å². The highest BCUT2D eigenvalue weighted by atomic mass is 16.6. The Bertz CT molecular complexity index is 673. The number of hydrogen-bond acceptors (Lipinski definition) is 6. The van der Waals surface area contributed by atoms with Gasteiger partial charge >= 0.3 is 0 Å². The average molecular weight is 367 g/mol. The molecule has 1 aromatic carbocycles. The van der Waals surface area contributed by atoms with E-state index in [1.165, 1.54) is 20.2 Å². The molecule has 0 heterocycles. The summed E-state index contributed by atoms with van der Waals surface area (Å²) in [6, 6.07) is 2.43. The Morgan fingerprint density at radius 2 is 1.77 bits per heavy atom. The number of nitro groups is 1. The van der Waals surface area contributed by atoms with Gasteiger partial charge in [0.2, 0.25) is 5.91 Å². The summed E-state index contributed by atoms with van der Waals surface area (Å²) in [5, 5.41) is 11.4. The second kappa shape index (κ2) is 9.59. The van der Waals surface area contributed by atoms with E-state index in [1.807, 2.05) is 13.8 Å². The van der Waals surface area contributed by atoms with Crippen LogP contribution in [0.15, 0.2) is 12.1 Å². The summed E-state index contributed by atoms with van der Waals surface area (Å²) in [5.41, 5.74) is -0.563. The second-order valence-electron chi connectivity index (χ2n) is 5.44. The van der Waals surface area contributed by atoms with Gasteiger partial charge in [0.15, 0.2) is 11.5 Å². The van der Waals surface area contributed by atoms with E-state index in [9.17, 15) is 19.7 Å². The summed E-state index contributed by atoms with van der Waals surface area (Å²) < 4.78 is 10.5. The number of ether oxygens (including phenoxy) is 2. The van der Waals surface area contributed by atoms with Gasteiger partial charge in [-0.25, -0.2) is 0 Å². The fraction of sp³-hybridized carbons (Fsp3) is 0.529. The standard InChI is InChI=1S/C17H25N3O6/c1-6-19(7-2)16(21)11-18(4)17(22)12-9-15(26-8-3)14(25-5)10-13(12)20(23)24/h9-10H,6-8,11H2,1-5H3. The van der Waals surface area contributed by atoms with E-state index in [-0.39, 0.29) is 29.5 Å². The van der Waals surface area contributed by atoms with Crippen LogP contribution in [-0.4, -0.2) is 66.9 Å². The zero-order chi connectivity index (χ0) is 19.9. The monoisotopic (exact) mass is 367 g/mol. The third-order valence-corrected chi connectivity index (χ3v) is 3.84. The third kappa shape index (κ3) is 4.84. The van der Waals surface area contributed by atoms with Crippen molar-refractivity contribution in [3.8, 4) is 11.5 Å². The Hall–Kier alpha value is -2.84. The lowest BCUT2D eigenvalue weighted by Gasteiger charge is -2.23. The van der Waals surface area contributed by atoms with E-state index in [4.69, 9.17) is 9.47 Å². The quantitative estimate of drug-likeness (QED) is 0.488. The van der Waals surface area contributed by atoms with Crippen molar-refractivity contribution in [2.75, 3.05) is 40.4 Å². The highest BCUT2D eigenvalue weighted by Gasteiger charge is 2.28.